The number of morpholine rings is 1. The number of nitrogens with zero attached hydrogens (tertiary/aromatic N) is 2. The fraction of sp³-hybridized carbons (Fsp3) is 0.455. The summed E-state index contributed by atoms with van der Waals surface area (Å²) in [6, 6.07) is 7.72. The van der Waals surface area contributed by atoms with Crippen LogP contribution in [0.3, 0.4) is 0 Å². The Morgan fingerprint density at radius 1 is 1.14 bits per heavy atom. The molecule has 0 radical (unpaired) electrons. The smallest absolute Gasteiger partial charge is 0.250 e. The lowest BCUT2D eigenvalue weighted by atomic mass is 9.76. The summed E-state index contributed by atoms with van der Waals surface area (Å²) in [5.74, 6) is -0.231. The number of nitrogens with two attached hydrogens (primary N) is 1. The van der Waals surface area contributed by atoms with Gasteiger partial charge in [-0.25, -0.2) is 0 Å². The summed E-state index contributed by atoms with van der Waals surface area (Å²) in [6.45, 7) is 8.99. The zero-order valence-electron chi connectivity index (χ0n) is 16.7. The van der Waals surface area contributed by atoms with Crippen molar-refractivity contribution in [2.75, 3.05) is 31.2 Å². The molecule has 1 aliphatic heterocycles. The van der Waals surface area contributed by atoms with Gasteiger partial charge < -0.3 is 19.9 Å². The summed E-state index contributed by atoms with van der Waals surface area (Å²) in [7, 11) is 0. The SMILES string of the molecule is Cc1cc2c(n1-c1ccc(C(N)=O)c(N3CCOCC3)c1)CC(C)(C)CC2=O. The van der Waals surface area contributed by atoms with Crippen molar-refractivity contribution in [2.24, 2.45) is 11.1 Å². The van der Waals surface area contributed by atoms with Gasteiger partial charge in [-0.2, -0.15) is 0 Å². The Hall–Kier alpha value is -2.60. The molecule has 4 rings (SSSR count). The molecule has 6 nitrogen and oxygen atoms in total. The molecule has 0 bridgehead atoms. The number of carbonyl (C=O) groups is 2. The van der Waals surface area contributed by atoms with Crippen molar-refractivity contribution in [3.63, 3.8) is 0 Å². The maximum atomic E-state index is 12.7. The van der Waals surface area contributed by atoms with Crippen molar-refractivity contribution in [1.82, 2.24) is 4.57 Å². The van der Waals surface area contributed by atoms with Gasteiger partial charge >= 0.3 is 0 Å². The van der Waals surface area contributed by atoms with E-state index >= 15 is 0 Å². The van der Waals surface area contributed by atoms with Crippen LogP contribution in [-0.2, 0) is 11.2 Å². The number of carbonyl (C=O) groups excluding carboxylic acids is 2. The summed E-state index contributed by atoms with van der Waals surface area (Å²) in [5, 5.41) is 0. The summed E-state index contributed by atoms with van der Waals surface area (Å²) in [4.78, 5) is 26.8. The normalized spacial score (nSPS) is 18.8. The fourth-order valence-electron chi connectivity index (χ4n) is 4.44. The highest BCUT2D eigenvalue weighted by molar-refractivity contribution is 6.00. The minimum absolute atomic E-state index is 0.0627. The van der Waals surface area contributed by atoms with Gasteiger partial charge in [-0.3, -0.25) is 9.59 Å². The van der Waals surface area contributed by atoms with E-state index in [4.69, 9.17) is 10.5 Å². The van der Waals surface area contributed by atoms with E-state index in [0.29, 0.717) is 25.2 Å². The highest BCUT2D eigenvalue weighted by Gasteiger charge is 2.34. The minimum Gasteiger partial charge on any atom is -0.378 e. The van der Waals surface area contributed by atoms with Crippen LogP contribution in [0.2, 0.25) is 0 Å². The maximum absolute atomic E-state index is 12.7. The largest absolute Gasteiger partial charge is 0.378 e. The number of aromatic nitrogens is 1. The third-order valence-corrected chi connectivity index (χ3v) is 5.73. The number of hydrogen-bond acceptors (Lipinski definition) is 4. The van der Waals surface area contributed by atoms with Gasteiger partial charge in [0.15, 0.2) is 5.78 Å². The lowest BCUT2D eigenvalue weighted by Crippen LogP contribution is -2.37. The van der Waals surface area contributed by atoms with E-state index < -0.39 is 5.91 Å². The van der Waals surface area contributed by atoms with Gasteiger partial charge in [0.25, 0.3) is 5.91 Å². The monoisotopic (exact) mass is 381 g/mol. The maximum Gasteiger partial charge on any atom is 0.250 e. The van der Waals surface area contributed by atoms with E-state index in [0.717, 1.165) is 47.8 Å². The van der Waals surface area contributed by atoms with Gasteiger partial charge in [-0.05, 0) is 43.0 Å². The Labute approximate surface area is 165 Å². The standard InChI is InChI=1S/C22H27N3O3/c1-14-10-17-19(12-22(2,3)13-20(17)26)25(14)15-4-5-16(21(23)27)18(11-15)24-6-8-28-9-7-24/h4-5,10-11H,6-9,12-13H2,1-3H3,(H2,23,27). The van der Waals surface area contributed by atoms with Crippen molar-refractivity contribution < 1.29 is 14.3 Å². The van der Waals surface area contributed by atoms with Crippen LogP contribution in [0.1, 0.15) is 52.4 Å². The van der Waals surface area contributed by atoms with E-state index in [9.17, 15) is 9.59 Å². The Morgan fingerprint density at radius 2 is 1.86 bits per heavy atom. The van der Waals surface area contributed by atoms with E-state index in [1.807, 2.05) is 25.1 Å². The molecule has 1 aliphatic carbocycles. The number of hydrogen-bond donors (Lipinski definition) is 1. The lowest BCUT2D eigenvalue weighted by Gasteiger charge is -2.32. The van der Waals surface area contributed by atoms with Crippen LogP contribution >= 0.6 is 0 Å². The molecule has 0 atom stereocenters. The molecule has 2 heterocycles. The van der Waals surface area contributed by atoms with Crippen LogP contribution in [-0.4, -0.2) is 42.6 Å². The van der Waals surface area contributed by atoms with Crippen LogP contribution < -0.4 is 10.6 Å². The molecular formula is C22H27N3O3. The fourth-order valence-corrected chi connectivity index (χ4v) is 4.44. The van der Waals surface area contributed by atoms with E-state index in [1.54, 1.807) is 6.07 Å². The number of Topliss-reactive ketones (excluding diaryl/α,β-unsaturated/α-hetero) is 1. The Bertz CT molecular complexity index is 952. The number of rotatable bonds is 3. The number of anilines is 1. The van der Waals surface area contributed by atoms with Crippen LogP contribution in [0.25, 0.3) is 5.69 Å². The Kier molecular flexibility index (Phi) is 4.54. The van der Waals surface area contributed by atoms with Crippen molar-refractivity contribution in [3.05, 3.63) is 46.8 Å². The summed E-state index contributed by atoms with van der Waals surface area (Å²) < 4.78 is 7.61. The summed E-state index contributed by atoms with van der Waals surface area (Å²) in [5.41, 5.74) is 10.8. The second-order valence-electron chi connectivity index (χ2n) is 8.59. The van der Waals surface area contributed by atoms with Crippen LogP contribution in [0.15, 0.2) is 24.3 Å². The Morgan fingerprint density at radius 3 is 2.54 bits per heavy atom. The second-order valence-corrected chi connectivity index (χ2v) is 8.59. The van der Waals surface area contributed by atoms with Gasteiger partial charge in [-0.15, -0.1) is 0 Å². The predicted octanol–water partition coefficient (Wildman–Crippen LogP) is 2.88. The molecule has 2 N–H and O–H groups in total. The van der Waals surface area contributed by atoms with Gasteiger partial charge in [0.1, 0.15) is 0 Å². The number of ether oxygens (including phenoxy) is 1. The zero-order chi connectivity index (χ0) is 20.1. The van der Waals surface area contributed by atoms with Gasteiger partial charge in [0, 0.05) is 42.1 Å². The van der Waals surface area contributed by atoms with E-state index in [2.05, 4.69) is 23.3 Å². The molecule has 1 amide bonds. The van der Waals surface area contributed by atoms with Crippen LogP contribution in [0.4, 0.5) is 5.69 Å². The molecule has 1 aromatic heterocycles. The molecule has 1 aromatic carbocycles. The number of primary amides is 1. The lowest BCUT2D eigenvalue weighted by molar-refractivity contribution is 0.0910. The molecule has 148 valence electrons. The first kappa shape index (κ1) is 18.7. The zero-order valence-corrected chi connectivity index (χ0v) is 16.7. The molecular weight excluding hydrogens is 354 g/mol. The number of ketones is 1. The summed E-state index contributed by atoms with van der Waals surface area (Å²) in [6.07, 6.45) is 1.41. The van der Waals surface area contributed by atoms with Crippen molar-refractivity contribution in [1.29, 1.82) is 0 Å². The van der Waals surface area contributed by atoms with Crippen LogP contribution in [0.5, 0.6) is 0 Å². The first-order chi connectivity index (χ1) is 13.3. The highest BCUT2D eigenvalue weighted by Crippen LogP contribution is 2.38. The van der Waals surface area contributed by atoms with Crippen molar-refractivity contribution in [2.45, 2.75) is 33.6 Å². The van der Waals surface area contributed by atoms with Gasteiger partial charge in [-0.1, -0.05) is 13.8 Å². The van der Waals surface area contributed by atoms with Crippen molar-refractivity contribution in [3.8, 4) is 5.69 Å². The second kappa shape index (κ2) is 6.78. The van der Waals surface area contributed by atoms with Crippen LogP contribution in [0, 0.1) is 12.3 Å². The average molecular weight is 381 g/mol. The molecule has 2 aliphatic rings. The first-order valence-electron chi connectivity index (χ1n) is 9.78. The van der Waals surface area contributed by atoms with Crippen molar-refractivity contribution >= 4 is 17.4 Å². The summed E-state index contributed by atoms with van der Waals surface area (Å²) >= 11 is 0. The molecule has 2 aromatic rings. The highest BCUT2D eigenvalue weighted by atomic mass is 16.5. The third-order valence-electron chi connectivity index (χ3n) is 5.73. The molecule has 0 saturated carbocycles. The average Bonchev–Trinajstić information content (AvgIpc) is 2.97. The predicted molar refractivity (Wildman–Crippen MR) is 108 cm³/mol. The first-order valence-corrected chi connectivity index (χ1v) is 9.78. The Balaban J connectivity index is 1.85. The third kappa shape index (κ3) is 3.22. The molecule has 28 heavy (non-hydrogen) atoms. The number of aryl methyl sites for hydroxylation is 1. The quantitative estimate of drug-likeness (QED) is 0.887. The molecule has 0 unspecified atom stereocenters. The number of fused-ring (bicyclic) bond motifs is 1. The molecule has 0 spiro atoms. The molecule has 1 saturated heterocycles. The number of amides is 1. The number of benzene rings is 1. The molecule has 1 fully saturated rings. The van der Waals surface area contributed by atoms with Gasteiger partial charge in [0.2, 0.25) is 0 Å². The van der Waals surface area contributed by atoms with Gasteiger partial charge in [0.05, 0.1) is 24.5 Å². The molecule has 6 heteroatoms. The van der Waals surface area contributed by atoms with E-state index in [1.165, 1.54) is 0 Å². The minimum atomic E-state index is -0.435. The topological polar surface area (TPSA) is 77.6 Å². The van der Waals surface area contributed by atoms with E-state index in [-0.39, 0.29) is 11.2 Å².